The predicted octanol–water partition coefficient (Wildman–Crippen LogP) is 2.26. The Morgan fingerprint density at radius 1 is 1.22 bits per heavy atom. The molecular weight excluding hydrogens is 384 g/mol. The standard InChI is InChI=1S/C18H18N4O3S2/c1-11-19-17-13(6-9-27-17)18(25)22(11)20-15(23)2-3-16(24)21-7-4-14-12(10-21)5-8-26-14/h5-6,8-9H,2-4,7,10H2,1H3,(H,20,23). The van der Waals surface area contributed by atoms with E-state index in [4.69, 9.17) is 0 Å². The van der Waals surface area contributed by atoms with Crippen molar-refractivity contribution in [2.75, 3.05) is 12.0 Å². The Balaban J connectivity index is 1.38. The van der Waals surface area contributed by atoms with Crippen LogP contribution < -0.4 is 11.0 Å². The maximum Gasteiger partial charge on any atom is 0.281 e. The number of aromatic nitrogens is 2. The van der Waals surface area contributed by atoms with E-state index in [2.05, 4.69) is 16.5 Å². The number of rotatable bonds is 4. The molecule has 0 saturated carbocycles. The Morgan fingerprint density at radius 3 is 2.89 bits per heavy atom. The zero-order valence-corrected chi connectivity index (χ0v) is 16.4. The van der Waals surface area contributed by atoms with E-state index in [-0.39, 0.29) is 30.2 Å². The van der Waals surface area contributed by atoms with Gasteiger partial charge in [0.05, 0.1) is 5.39 Å². The number of carbonyl (C=O) groups excluding carboxylic acids is 2. The maximum atomic E-state index is 12.5. The summed E-state index contributed by atoms with van der Waals surface area (Å²) < 4.78 is 1.15. The largest absolute Gasteiger partial charge is 0.338 e. The maximum absolute atomic E-state index is 12.5. The Morgan fingerprint density at radius 2 is 2.04 bits per heavy atom. The zero-order chi connectivity index (χ0) is 19.0. The number of hydrogen-bond acceptors (Lipinski definition) is 6. The summed E-state index contributed by atoms with van der Waals surface area (Å²) in [6, 6.07) is 3.74. The van der Waals surface area contributed by atoms with Crippen LogP contribution in [0.5, 0.6) is 0 Å². The van der Waals surface area contributed by atoms with Crippen molar-refractivity contribution < 1.29 is 9.59 Å². The Labute approximate surface area is 163 Å². The summed E-state index contributed by atoms with van der Waals surface area (Å²) in [6.07, 6.45) is 1.01. The molecule has 2 amide bonds. The van der Waals surface area contributed by atoms with Crippen LogP contribution in [0.15, 0.2) is 27.7 Å². The lowest BCUT2D eigenvalue weighted by molar-refractivity contribution is -0.133. The van der Waals surface area contributed by atoms with Gasteiger partial charge in [0, 0.05) is 30.8 Å². The summed E-state index contributed by atoms with van der Waals surface area (Å²) in [5, 5.41) is 4.31. The van der Waals surface area contributed by atoms with E-state index in [1.165, 1.54) is 21.8 Å². The lowest BCUT2D eigenvalue weighted by Crippen LogP contribution is -2.37. The molecule has 0 atom stereocenters. The first-order valence-electron chi connectivity index (χ1n) is 8.62. The highest BCUT2D eigenvalue weighted by Crippen LogP contribution is 2.24. The van der Waals surface area contributed by atoms with Gasteiger partial charge in [-0.1, -0.05) is 0 Å². The minimum absolute atomic E-state index is 0.0272. The molecule has 0 saturated heterocycles. The summed E-state index contributed by atoms with van der Waals surface area (Å²) in [6.45, 7) is 2.96. The van der Waals surface area contributed by atoms with Crippen molar-refractivity contribution in [3.8, 4) is 0 Å². The predicted molar refractivity (Wildman–Crippen MR) is 106 cm³/mol. The fraction of sp³-hybridized carbons (Fsp3) is 0.333. The van der Waals surface area contributed by atoms with E-state index in [1.807, 2.05) is 5.38 Å². The van der Waals surface area contributed by atoms with Crippen molar-refractivity contribution in [3.05, 3.63) is 49.5 Å². The van der Waals surface area contributed by atoms with Crippen LogP contribution in [0.2, 0.25) is 0 Å². The van der Waals surface area contributed by atoms with Crippen LogP contribution in [-0.2, 0) is 22.6 Å². The van der Waals surface area contributed by atoms with Gasteiger partial charge in [0.15, 0.2) is 0 Å². The van der Waals surface area contributed by atoms with Crippen LogP contribution in [0.4, 0.5) is 0 Å². The number of nitrogens with one attached hydrogen (secondary N) is 1. The second-order valence-corrected chi connectivity index (χ2v) is 8.30. The van der Waals surface area contributed by atoms with Gasteiger partial charge in [0.1, 0.15) is 10.7 Å². The highest BCUT2D eigenvalue weighted by atomic mass is 32.1. The normalized spacial score (nSPS) is 13.6. The Bertz CT molecular complexity index is 1080. The second-order valence-electron chi connectivity index (χ2n) is 6.41. The molecule has 0 aliphatic carbocycles. The first kappa shape index (κ1) is 17.9. The van der Waals surface area contributed by atoms with Gasteiger partial charge in [-0.05, 0) is 41.8 Å². The van der Waals surface area contributed by atoms with E-state index in [0.717, 1.165) is 11.1 Å². The molecule has 140 valence electrons. The van der Waals surface area contributed by atoms with Gasteiger partial charge >= 0.3 is 0 Å². The molecule has 1 N–H and O–H groups in total. The molecule has 0 aromatic carbocycles. The third kappa shape index (κ3) is 3.52. The van der Waals surface area contributed by atoms with E-state index in [0.29, 0.717) is 29.1 Å². The minimum Gasteiger partial charge on any atom is -0.338 e. The average molecular weight is 403 g/mol. The molecule has 3 aromatic heterocycles. The van der Waals surface area contributed by atoms with E-state index in [9.17, 15) is 14.4 Å². The van der Waals surface area contributed by atoms with Gasteiger partial charge < -0.3 is 4.90 Å². The van der Waals surface area contributed by atoms with Gasteiger partial charge in [-0.3, -0.25) is 19.8 Å². The van der Waals surface area contributed by atoms with E-state index >= 15 is 0 Å². The third-order valence-corrected chi connectivity index (χ3v) is 6.46. The summed E-state index contributed by atoms with van der Waals surface area (Å²) in [4.78, 5) is 45.3. The molecule has 0 bridgehead atoms. The molecule has 9 heteroatoms. The van der Waals surface area contributed by atoms with Gasteiger partial charge in [-0.25, -0.2) is 9.66 Å². The molecule has 7 nitrogen and oxygen atoms in total. The van der Waals surface area contributed by atoms with Crippen LogP contribution in [0, 0.1) is 6.92 Å². The topological polar surface area (TPSA) is 84.3 Å². The molecule has 0 spiro atoms. The average Bonchev–Trinajstić information content (AvgIpc) is 3.31. The number of hydrogen-bond donors (Lipinski definition) is 1. The summed E-state index contributed by atoms with van der Waals surface area (Å²) >= 11 is 3.11. The van der Waals surface area contributed by atoms with Crippen molar-refractivity contribution >= 4 is 44.7 Å². The molecule has 4 heterocycles. The SMILES string of the molecule is Cc1nc2sccc2c(=O)n1NC(=O)CCC(=O)N1CCc2sccc2C1. The molecular formula is C18H18N4O3S2. The van der Waals surface area contributed by atoms with E-state index in [1.54, 1.807) is 34.6 Å². The monoisotopic (exact) mass is 402 g/mol. The van der Waals surface area contributed by atoms with Crippen molar-refractivity contribution in [2.24, 2.45) is 0 Å². The zero-order valence-electron chi connectivity index (χ0n) is 14.7. The molecule has 27 heavy (non-hydrogen) atoms. The first-order chi connectivity index (χ1) is 13.0. The lowest BCUT2D eigenvalue weighted by atomic mass is 10.1. The molecule has 0 unspecified atom stereocenters. The van der Waals surface area contributed by atoms with Crippen molar-refractivity contribution in [1.82, 2.24) is 14.6 Å². The molecule has 4 rings (SSSR count). The van der Waals surface area contributed by atoms with Crippen LogP contribution in [0.3, 0.4) is 0 Å². The number of nitrogens with zero attached hydrogens (tertiary/aromatic N) is 3. The lowest BCUT2D eigenvalue weighted by Gasteiger charge is -2.27. The van der Waals surface area contributed by atoms with Gasteiger partial charge in [-0.2, -0.15) is 0 Å². The summed E-state index contributed by atoms with van der Waals surface area (Å²) in [7, 11) is 0. The van der Waals surface area contributed by atoms with Crippen molar-refractivity contribution in [3.63, 3.8) is 0 Å². The fourth-order valence-electron chi connectivity index (χ4n) is 3.17. The molecule has 1 aliphatic heterocycles. The highest BCUT2D eigenvalue weighted by Gasteiger charge is 2.22. The number of amides is 2. The van der Waals surface area contributed by atoms with Crippen molar-refractivity contribution in [1.29, 1.82) is 0 Å². The Hall–Kier alpha value is -2.52. The van der Waals surface area contributed by atoms with Gasteiger partial charge in [0.2, 0.25) is 11.8 Å². The quantitative estimate of drug-likeness (QED) is 0.726. The minimum atomic E-state index is -0.377. The van der Waals surface area contributed by atoms with Crippen LogP contribution in [-0.4, -0.2) is 32.9 Å². The molecule has 3 aromatic rings. The van der Waals surface area contributed by atoms with Gasteiger partial charge in [-0.15, -0.1) is 22.7 Å². The summed E-state index contributed by atoms with van der Waals surface area (Å²) in [5.41, 5.74) is 3.46. The van der Waals surface area contributed by atoms with Crippen LogP contribution in [0.25, 0.3) is 10.2 Å². The smallest absolute Gasteiger partial charge is 0.281 e. The fourth-order valence-corrected chi connectivity index (χ4v) is 4.86. The van der Waals surface area contributed by atoms with Crippen LogP contribution in [0.1, 0.15) is 29.1 Å². The van der Waals surface area contributed by atoms with Crippen molar-refractivity contribution in [2.45, 2.75) is 32.7 Å². The molecule has 0 radical (unpaired) electrons. The Kier molecular flexibility index (Phi) is 4.79. The molecule has 0 fully saturated rings. The second kappa shape index (κ2) is 7.24. The number of fused-ring (bicyclic) bond motifs is 2. The molecule has 1 aliphatic rings. The van der Waals surface area contributed by atoms with Crippen LogP contribution >= 0.6 is 22.7 Å². The number of thiophene rings is 2. The number of carbonyl (C=O) groups is 2. The first-order valence-corrected chi connectivity index (χ1v) is 10.4. The summed E-state index contributed by atoms with van der Waals surface area (Å²) in [5.74, 6) is -0.00807. The van der Waals surface area contributed by atoms with Gasteiger partial charge in [0.25, 0.3) is 5.56 Å². The number of aryl methyl sites for hydroxylation is 1. The van der Waals surface area contributed by atoms with E-state index < -0.39 is 0 Å². The highest BCUT2D eigenvalue weighted by molar-refractivity contribution is 7.16. The third-order valence-electron chi connectivity index (χ3n) is 4.63.